The number of aliphatic hydroxyl groups excluding tert-OH is 1. The Hall–Kier alpha value is -5.25. The molecule has 0 saturated carbocycles. The van der Waals surface area contributed by atoms with Crippen molar-refractivity contribution in [3.05, 3.63) is 138 Å². The van der Waals surface area contributed by atoms with Crippen molar-refractivity contribution < 1.29 is 29.3 Å². The van der Waals surface area contributed by atoms with E-state index >= 15 is 0 Å². The largest absolute Gasteiger partial charge is 0.497 e. The summed E-state index contributed by atoms with van der Waals surface area (Å²) in [6, 6.07) is 30.9. The summed E-state index contributed by atoms with van der Waals surface area (Å²) in [6.45, 7) is 2.34. The molecule has 1 heterocycles. The monoisotopic (exact) mass is 633 g/mol. The van der Waals surface area contributed by atoms with Crippen LogP contribution in [0.4, 0.5) is 11.4 Å². The van der Waals surface area contributed by atoms with E-state index in [4.69, 9.17) is 4.74 Å². The number of anilines is 2. The molecule has 0 unspecified atom stereocenters. The molecule has 242 valence electrons. The lowest BCUT2D eigenvalue weighted by molar-refractivity contribution is -0.139. The number of carbonyl (C=O) groups excluding carboxylic acids is 3. The lowest BCUT2D eigenvalue weighted by Crippen LogP contribution is -2.44. The Kier molecular flexibility index (Phi) is 10.5. The molecule has 0 saturated heterocycles. The average molecular weight is 634 g/mol. The number of rotatable bonds is 13. The maximum Gasteiger partial charge on any atom is 0.264 e. The van der Waals surface area contributed by atoms with Crippen molar-refractivity contribution in [2.75, 3.05) is 30.5 Å². The van der Waals surface area contributed by atoms with Gasteiger partial charge in [0.25, 0.3) is 11.8 Å². The first-order valence-corrected chi connectivity index (χ1v) is 15.5. The van der Waals surface area contributed by atoms with Crippen molar-refractivity contribution >= 4 is 29.1 Å². The minimum Gasteiger partial charge on any atom is -0.497 e. The molecular weight excluding hydrogens is 594 g/mol. The normalized spacial score (nSPS) is 16.2. The van der Waals surface area contributed by atoms with Crippen LogP contribution in [0, 0.1) is 5.92 Å². The number of nitrogens with zero attached hydrogens (tertiary/aromatic N) is 2. The maximum absolute atomic E-state index is 14.0. The Labute approximate surface area is 274 Å². The summed E-state index contributed by atoms with van der Waals surface area (Å²) < 4.78 is 5.42. The molecule has 9 heteroatoms. The van der Waals surface area contributed by atoms with Crippen LogP contribution in [0.5, 0.6) is 5.75 Å². The Bertz CT molecular complexity index is 1730. The molecule has 0 aliphatic carbocycles. The zero-order valence-electron chi connectivity index (χ0n) is 26.5. The quantitative estimate of drug-likeness (QED) is 0.172. The van der Waals surface area contributed by atoms with Gasteiger partial charge in [0.15, 0.2) is 5.60 Å². The predicted molar refractivity (Wildman–Crippen MR) is 181 cm³/mol. The van der Waals surface area contributed by atoms with Gasteiger partial charge in [-0.2, -0.15) is 0 Å². The van der Waals surface area contributed by atoms with E-state index in [9.17, 15) is 24.6 Å². The Morgan fingerprint density at radius 1 is 0.957 bits per heavy atom. The highest BCUT2D eigenvalue weighted by molar-refractivity contribution is 6.07. The summed E-state index contributed by atoms with van der Waals surface area (Å²) in [6.07, 6.45) is 3.40. The van der Waals surface area contributed by atoms with Gasteiger partial charge in [-0.05, 0) is 53.6 Å². The van der Waals surface area contributed by atoms with Gasteiger partial charge in [0.05, 0.1) is 25.9 Å². The van der Waals surface area contributed by atoms with E-state index in [1.54, 1.807) is 83.5 Å². The minimum absolute atomic E-state index is 0.0449. The fourth-order valence-electron chi connectivity index (χ4n) is 5.74. The van der Waals surface area contributed by atoms with Crippen LogP contribution < -0.4 is 15.0 Å². The number of aliphatic hydroxyl groups is 2. The van der Waals surface area contributed by atoms with Gasteiger partial charge in [-0.1, -0.05) is 79.7 Å². The van der Waals surface area contributed by atoms with Crippen molar-refractivity contribution in [2.24, 2.45) is 5.92 Å². The summed E-state index contributed by atoms with van der Waals surface area (Å²) in [4.78, 5) is 42.8. The maximum atomic E-state index is 14.0. The van der Waals surface area contributed by atoms with Gasteiger partial charge in [0.1, 0.15) is 5.75 Å². The molecule has 5 rings (SSSR count). The fraction of sp³-hybridized carbons (Fsp3) is 0.237. The first-order chi connectivity index (χ1) is 22.7. The van der Waals surface area contributed by atoms with E-state index in [0.717, 1.165) is 11.1 Å². The third kappa shape index (κ3) is 7.43. The lowest BCUT2D eigenvalue weighted by atomic mass is 9.83. The van der Waals surface area contributed by atoms with Gasteiger partial charge < -0.3 is 30.1 Å². The van der Waals surface area contributed by atoms with E-state index in [2.05, 4.69) is 5.32 Å². The number of carbonyl (C=O) groups is 3. The van der Waals surface area contributed by atoms with E-state index in [0.29, 0.717) is 34.8 Å². The Morgan fingerprint density at radius 2 is 1.64 bits per heavy atom. The van der Waals surface area contributed by atoms with Crippen LogP contribution in [0.25, 0.3) is 0 Å². The van der Waals surface area contributed by atoms with Crippen LogP contribution in [-0.2, 0) is 28.3 Å². The van der Waals surface area contributed by atoms with Crippen molar-refractivity contribution in [1.82, 2.24) is 4.90 Å². The second kappa shape index (κ2) is 14.9. The molecule has 1 aliphatic heterocycles. The van der Waals surface area contributed by atoms with Crippen LogP contribution >= 0.6 is 0 Å². The zero-order valence-corrected chi connectivity index (χ0v) is 26.5. The number of hydrogen-bond donors (Lipinski definition) is 3. The van der Waals surface area contributed by atoms with Gasteiger partial charge in [-0.3, -0.25) is 14.4 Å². The van der Waals surface area contributed by atoms with E-state index in [-0.39, 0.29) is 37.9 Å². The smallest absolute Gasteiger partial charge is 0.264 e. The van der Waals surface area contributed by atoms with Gasteiger partial charge in [-0.15, -0.1) is 0 Å². The highest BCUT2D eigenvalue weighted by atomic mass is 16.5. The molecular formula is C38H39N3O6. The highest BCUT2D eigenvalue weighted by Crippen LogP contribution is 2.47. The van der Waals surface area contributed by atoms with Gasteiger partial charge in [-0.25, -0.2) is 0 Å². The molecule has 3 amide bonds. The molecule has 47 heavy (non-hydrogen) atoms. The molecule has 3 N–H and O–H groups in total. The number of ether oxygens (including phenoxy) is 1. The number of fused-ring (bicyclic) bond motifs is 1. The molecule has 0 radical (unpaired) electrons. The molecule has 4 aromatic carbocycles. The second-order valence-corrected chi connectivity index (χ2v) is 11.5. The van der Waals surface area contributed by atoms with Gasteiger partial charge in [0.2, 0.25) is 5.91 Å². The van der Waals surface area contributed by atoms with Crippen LogP contribution in [0.1, 0.15) is 40.4 Å². The van der Waals surface area contributed by atoms with Crippen LogP contribution in [-0.4, -0.2) is 53.1 Å². The Morgan fingerprint density at radius 3 is 2.30 bits per heavy atom. The molecule has 2 atom stereocenters. The lowest BCUT2D eigenvalue weighted by Gasteiger charge is -2.28. The first kappa shape index (κ1) is 33.1. The van der Waals surface area contributed by atoms with E-state index < -0.39 is 17.4 Å². The van der Waals surface area contributed by atoms with Crippen molar-refractivity contribution in [3.63, 3.8) is 0 Å². The van der Waals surface area contributed by atoms with Gasteiger partial charge >= 0.3 is 0 Å². The number of methoxy groups -OCH3 is 1. The highest BCUT2D eigenvalue weighted by Gasteiger charge is 2.52. The third-order valence-electron chi connectivity index (χ3n) is 8.38. The summed E-state index contributed by atoms with van der Waals surface area (Å²) >= 11 is 0. The first-order valence-electron chi connectivity index (χ1n) is 15.5. The molecule has 0 aromatic heterocycles. The molecule has 0 bridgehead atoms. The van der Waals surface area contributed by atoms with E-state index in [1.807, 2.05) is 48.5 Å². The molecule has 0 spiro atoms. The molecule has 4 aromatic rings. The van der Waals surface area contributed by atoms with E-state index in [1.165, 1.54) is 7.11 Å². The standard InChI is InChI=1S/C38H39N3O6/c1-27(10-9-15-35(43)40(22-23-42)25-28-11-5-3-6-12-28)38(46)33-24-32(47-2)20-21-34(33)41(37(38)45)26-29-16-18-31(19-17-29)39-36(44)30-13-7-4-8-14-30/h3-14,16-21,24,27,42,46H,15,22-23,25-26H2,1-2H3,(H,39,44)/b10-9+/t27-,38+/m1/s1. The molecule has 1 aliphatic rings. The minimum atomic E-state index is -1.90. The predicted octanol–water partition coefficient (Wildman–Crippen LogP) is 5.29. The van der Waals surface area contributed by atoms with Crippen molar-refractivity contribution in [3.8, 4) is 5.75 Å². The van der Waals surface area contributed by atoms with Crippen LogP contribution in [0.3, 0.4) is 0 Å². The SMILES string of the molecule is COc1ccc2c(c1)[C@@](O)([C@H](C)/C=C/CC(=O)N(CCO)Cc1ccccc1)C(=O)N2Cc1ccc(NC(=O)c2ccccc2)cc1. The summed E-state index contributed by atoms with van der Waals surface area (Å²) in [5.41, 5.74) is 2.01. The second-order valence-electron chi connectivity index (χ2n) is 11.5. The van der Waals surface area contributed by atoms with Gasteiger partial charge in [0, 0.05) is 42.2 Å². The van der Waals surface area contributed by atoms with Crippen molar-refractivity contribution in [2.45, 2.75) is 32.0 Å². The van der Waals surface area contributed by atoms with Crippen LogP contribution in [0.15, 0.2) is 115 Å². The Balaban J connectivity index is 1.31. The topological polar surface area (TPSA) is 119 Å². The zero-order chi connectivity index (χ0) is 33.4. The number of nitrogens with one attached hydrogen (secondary N) is 1. The summed E-state index contributed by atoms with van der Waals surface area (Å²) in [7, 11) is 1.52. The third-order valence-corrected chi connectivity index (χ3v) is 8.38. The van der Waals surface area contributed by atoms with Crippen LogP contribution in [0.2, 0.25) is 0 Å². The summed E-state index contributed by atoms with van der Waals surface area (Å²) in [5, 5.41) is 24.5. The molecule has 0 fully saturated rings. The number of benzene rings is 4. The molecule has 9 nitrogen and oxygen atoms in total. The number of hydrogen-bond acceptors (Lipinski definition) is 6. The number of amides is 3. The fourth-order valence-corrected chi connectivity index (χ4v) is 5.74. The average Bonchev–Trinajstić information content (AvgIpc) is 3.31. The summed E-state index contributed by atoms with van der Waals surface area (Å²) in [5.74, 6) is -1.07. The van der Waals surface area contributed by atoms with Crippen molar-refractivity contribution in [1.29, 1.82) is 0 Å².